The third-order valence-electron chi connectivity index (χ3n) is 2.61. The van der Waals surface area contributed by atoms with Crippen LogP contribution in [0.25, 0.3) is 10.6 Å². The first kappa shape index (κ1) is 16.6. The maximum Gasteiger partial charge on any atom is 0.225 e. The number of rotatable bonds is 5. The van der Waals surface area contributed by atoms with Gasteiger partial charge in [-0.1, -0.05) is 12.1 Å². The van der Waals surface area contributed by atoms with Gasteiger partial charge in [0.15, 0.2) is 0 Å². The molecule has 2 N–H and O–H groups in total. The fraction of sp³-hybridized carbons (Fsp3) is 0.286. The largest absolute Gasteiger partial charge is 0.326 e. The van der Waals surface area contributed by atoms with E-state index in [4.69, 9.17) is 0 Å². The van der Waals surface area contributed by atoms with E-state index in [2.05, 4.69) is 15.6 Å². The van der Waals surface area contributed by atoms with E-state index in [1.165, 1.54) is 0 Å². The van der Waals surface area contributed by atoms with E-state index in [9.17, 15) is 4.79 Å². The number of hydrogen-bond acceptors (Lipinski definition) is 4. The molecule has 2 aromatic rings. The zero-order chi connectivity index (χ0) is 13.7. The first-order valence-electron chi connectivity index (χ1n) is 6.16. The van der Waals surface area contributed by atoms with Crippen LogP contribution in [0.2, 0.25) is 0 Å². The van der Waals surface area contributed by atoms with Crippen molar-refractivity contribution in [2.75, 3.05) is 18.9 Å². The predicted octanol–water partition coefficient (Wildman–Crippen LogP) is 3.09. The zero-order valence-corrected chi connectivity index (χ0v) is 13.1. The van der Waals surface area contributed by atoms with Gasteiger partial charge in [0.05, 0.1) is 0 Å². The van der Waals surface area contributed by atoms with Crippen LogP contribution in [0, 0.1) is 6.92 Å². The Morgan fingerprint density at radius 1 is 1.40 bits per heavy atom. The highest BCUT2D eigenvalue weighted by Crippen LogP contribution is 2.25. The summed E-state index contributed by atoms with van der Waals surface area (Å²) in [7, 11) is 1.83. The van der Waals surface area contributed by atoms with Crippen LogP contribution in [0.15, 0.2) is 29.6 Å². The van der Waals surface area contributed by atoms with E-state index in [1.54, 1.807) is 11.3 Å². The van der Waals surface area contributed by atoms with Crippen LogP contribution < -0.4 is 10.6 Å². The topological polar surface area (TPSA) is 54.0 Å². The van der Waals surface area contributed by atoms with Crippen molar-refractivity contribution in [3.8, 4) is 10.6 Å². The number of nitrogens with one attached hydrogen (secondary N) is 2. The number of hydrogen-bond donors (Lipinski definition) is 2. The van der Waals surface area contributed by atoms with Crippen molar-refractivity contribution >= 4 is 35.3 Å². The summed E-state index contributed by atoms with van der Waals surface area (Å²) in [5, 5.41) is 8.84. The van der Waals surface area contributed by atoms with Crippen LogP contribution in [0.3, 0.4) is 0 Å². The van der Waals surface area contributed by atoms with Crippen molar-refractivity contribution in [1.82, 2.24) is 10.3 Å². The lowest BCUT2D eigenvalue weighted by Gasteiger charge is -2.06. The van der Waals surface area contributed by atoms with Gasteiger partial charge in [0, 0.05) is 35.3 Å². The molecular weight excluding hydrogens is 294 g/mol. The minimum absolute atomic E-state index is 0. The molecule has 4 nitrogen and oxygen atoms in total. The quantitative estimate of drug-likeness (QED) is 0.892. The van der Waals surface area contributed by atoms with Gasteiger partial charge < -0.3 is 10.6 Å². The smallest absolute Gasteiger partial charge is 0.225 e. The number of halogens is 1. The number of thiazole rings is 1. The molecule has 2 rings (SSSR count). The van der Waals surface area contributed by atoms with Crippen molar-refractivity contribution in [2.24, 2.45) is 0 Å². The van der Waals surface area contributed by atoms with Crippen molar-refractivity contribution < 1.29 is 4.79 Å². The molecule has 6 heteroatoms. The second-order valence-electron chi connectivity index (χ2n) is 4.28. The molecule has 0 aliphatic rings. The number of nitrogens with zero attached hydrogens (tertiary/aromatic N) is 1. The van der Waals surface area contributed by atoms with Crippen LogP contribution in [0.1, 0.15) is 12.1 Å². The zero-order valence-electron chi connectivity index (χ0n) is 11.5. The Labute approximate surface area is 129 Å². The van der Waals surface area contributed by atoms with Crippen LogP contribution in [-0.4, -0.2) is 24.5 Å². The number of aromatic nitrogens is 1. The second-order valence-corrected chi connectivity index (χ2v) is 5.13. The van der Waals surface area contributed by atoms with E-state index >= 15 is 0 Å². The van der Waals surface area contributed by atoms with Crippen molar-refractivity contribution in [3.63, 3.8) is 0 Å². The Morgan fingerprint density at radius 2 is 2.20 bits per heavy atom. The van der Waals surface area contributed by atoms with E-state index < -0.39 is 0 Å². The molecule has 1 amide bonds. The van der Waals surface area contributed by atoms with Crippen molar-refractivity contribution in [2.45, 2.75) is 13.3 Å². The molecule has 1 aromatic carbocycles. The minimum atomic E-state index is 0. The van der Waals surface area contributed by atoms with Gasteiger partial charge in [-0.15, -0.1) is 23.7 Å². The summed E-state index contributed by atoms with van der Waals surface area (Å²) in [6.07, 6.45) is 0.469. The summed E-state index contributed by atoms with van der Waals surface area (Å²) in [6, 6.07) is 7.78. The summed E-state index contributed by atoms with van der Waals surface area (Å²) in [4.78, 5) is 16.1. The Morgan fingerprint density at radius 3 is 2.85 bits per heavy atom. The highest BCUT2D eigenvalue weighted by atomic mass is 35.5. The molecule has 0 aliphatic carbocycles. The summed E-state index contributed by atoms with van der Waals surface area (Å²) < 4.78 is 0. The van der Waals surface area contributed by atoms with E-state index in [-0.39, 0.29) is 18.3 Å². The van der Waals surface area contributed by atoms with E-state index in [0.717, 1.165) is 22.0 Å². The van der Waals surface area contributed by atoms with Gasteiger partial charge in [0.2, 0.25) is 5.91 Å². The predicted molar refractivity (Wildman–Crippen MR) is 86.7 cm³/mol. The highest BCUT2D eigenvalue weighted by molar-refractivity contribution is 7.13. The minimum Gasteiger partial charge on any atom is -0.326 e. The fourth-order valence-electron chi connectivity index (χ4n) is 1.68. The SMILES string of the molecule is CNCCC(=O)Nc1cccc(-c2nc(C)cs2)c1.Cl. The number of anilines is 1. The summed E-state index contributed by atoms with van der Waals surface area (Å²) >= 11 is 1.61. The lowest BCUT2D eigenvalue weighted by Crippen LogP contribution is -2.18. The molecule has 20 heavy (non-hydrogen) atoms. The molecule has 1 heterocycles. The van der Waals surface area contributed by atoms with Gasteiger partial charge in [-0.05, 0) is 26.1 Å². The Balaban J connectivity index is 0.00000200. The number of amides is 1. The molecule has 0 bridgehead atoms. The lowest BCUT2D eigenvalue weighted by atomic mass is 10.2. The molecule has 0 unspecified atom stereocenters. The molecule has 1 aromatic heterocycles. The first-order valence-corrected chi connectivity index (χ1v) is 7.04. The Bertz CT molecular complexity index is 571. The Kier molecular flexibility index (Phi) is 6.64. The number of aryl methyl sites for hydroxylation is 1. The molecule has 0 saturated carbocycles. The normalized spacial score (nSPS) is 9.90. The van der Waals surface area contributed by atoms with Gasteiger partial charge in [-0.25, -0.2) is 4.98 Å². The number of carbonyl (C=O) groups is 1. The molecule has 0 radical (unpaired) electrons. The molecule has 0 aliphatic heterocycles. The molecular formula is C14H18ClN3OS. The molecule has 108 valence electrons. The van der Waals surface area contributed by atoms with Crippen LogP contribution in [0.5, 0.6) is 0 Å². The molecule has 0 spiro atoms. The van der Waals surface area contributed by atoms with Gasteiger partial charge in [-0.2, -0.15) is 0 Å². The van der Waals surface area contributed by atoms with Gasteiger partial charge in [0.1, 0.15) is 5.01 Å². The first-order chi connectivity index (χ1) is 9.19. The summed E-state index contributed by atoms with van der Waals surface area (Å²) in [6.45, 7) is 2.65. The van der Waals surface area contributed by atoms with Crippen molar-refractivity contribution in [1.29, 1.82) is 0 Å². The molecule has 0 saturated heterocycles. The van der Waals surface area contributed by atoms with Crippen LogP contribution in [0.4, 0.5) is 5.69 Å². The molecule has 0 fully saturated rings. The van der Waals surface area contributed by atoms with Gasteiger partial charge in [-0.3, -0.25) is 4.79 Å². The third-order valence-corrected chi connectivity index (χ3v) is 3.62. The lowest BCUT2D eigenvalue weighted by molar-refractivity contribution is -0.116. The fourth-order valence-corrected chi connectivity index (χ4v) is 2.47. The standard InChI is InChI=1S/C14H17N3OS.ClH/c1-10-9-19-14(16-10)11-4-3-5-12(8-11)17-13(18)6-7-15-2;/h3-5,8-9,15H,6-7H2,1-2H3,(H,17,18);1H. The maximum absolute atomic E-state index is 11.7. The van der Waals surface area contributed by atoms with E-state index in [0.29, 0.717) is 13.0 Å². The average Bonchev–Trinajstić information content (AvgIpc) is 2.83. The summed E-state index contributed by atoms with van der Waals surface area (Å²) in [5.74, 6) is 0.0156. The average molecular weight is 312 g/mol. The van der Waals surface area contributed by atoms with Crippen LogP contribution in [-0.2, 0) is 4.79 Å². The van der Waals surface area contributed by atoms with Gasteiger partial charge in [0.25, 0.3) is 0 Å². The number of benzene rings is 1. The summed E-state index contributed by atoms with van der Waals surface area (Å²) in [5.41, 5.74) is 2.86. The Hall–Kier alpha value is -1.43. The van der Waals surface area contributed by atoms with E-state index in [1.807, 2.05) is 43.6 Å². The third kappa shape index (κ3) is 4.59. The maximum atomic E-state index is 11.7. The molecule has 0 atom stereocenters. The monoisotopic (exact) mass is 311 g/mol. The number of carbonyl (C=O) groups excluding carboxylic acids is 1. The van der Waals surface area contributed by atoms with Gasteiger partial charge >= 0.3 is 0 Å². The van der Waals surface area contributed by atoms with Crippen molar-refractivity contribution in [3.05, 3.63) is 35.3 Å². The highest BCUT2D eigenvalue weighted by Gasteiger charge is 2.05. The second kappa shape index (κ2) is 7.99. The van der Waals surface area contributed by atoms with Crippen LogP contribution >= 0.6 is 23.7 Å².